The summed E-state index contributed by atoms with van der Waals surface area (Å²) in [7, 11) is 0. The van der Waals surface area contributed by atoms with E-state index < -0.39 is 11.7 Å². The number of halogens is 1. The van der Waals surface area contributed by atoms with Crippen molar-refractivity contribution in [3.63, 3.8) is 0 Å². The SMILES string of the molecule is O=C(Nc1ccc(OCC2CCCCO2)cc1)c1ccc2cccc(F)c2n1. The summed E-state index contributed by atoms with van der Waals surface area (Å²) in [6.45, 7) is 1.32. The molecule has 4 rings (SSSR count). The number of ether oxygens (including phenoxy) is 2. The molecule has 0 saturated carbocycles. The average molecular weight is 380 g/mol. The Balaban J connectivity index is 1.38. The molecule has 5 nitrogen and oxygen atoms in total. The number of benzene rings is 2. The van der Waals surface area contributed by atoms with Crippen LogP contribution in [0.15, 0.2) is 54.6 Å². The lowest BCUT2D eigenvalue weighted by atomic mass is 10.1. The number of nitrogens with zero attached hydrogens (tertiary/aromatic N) is 1. The molecule has 1 saturated heterocycles. The van der Waals surface area contributed by atoms with Gasteiger partial charge in [-0.1, -0.05) is 18.2 Å². The molecule has 0 aliphatic carbocycles. The standard InChI is InChI=1S/C22H21FN2O3/c23-19-6-3-4-15-7-12-20(25-21(15)19)22(26)24-16-8-10-17(11-9-16)28-14-18-5-1-2-13-27-18/h3-4,6-12,18H,1-2,5,13-14H2,(H,24,26). The fraction of sp³-hybridized carbons (Fsp3) is 0.273. The van der Waals surface area contributed by atoms with Crippen molar-refractivity contribution in [3.8, 4) is 5.75 Å². The Morgan fingerprint density at radius 3 is 2.79 bits per heavy atom. The molecule has 1 aliphatic rings. The minimum atomic E-state index is -0.449. The van der Waals surface area contributed by atoms with Crippen molar-refractivity contribution in [2.45, 2.75) is 25.4 Å². The Morgan fingerprint density at radius 1 is 1.14 bits per heavy atom. The second kappa shape index (κ2) is 8.35. The topological polar surface area (TPSA) is 60.5 Å². The quantitative estimate of drug-likeness (QED) is 0.704. The minimum absolute atomic E-state index is 0.146. The van der Waals surface area contributed by atoms with Gasteiger partial charge < -0.3 is 14.8 Å². The van der Waals surface area contributed by atoms with Gasteiger partial charge in [0.05, 0.1) is 6.10 Å². The molecule has 2 heterocycles. The van der Waals surface area contributed by atoms with E-state index in [9.17, 15) is 9.18 Å². The van der Waals surface area contributed by atoms with Crippen LogP contribution in [0.5, 0.6) is 5.75 Å². The zero-order valence-electron chi connectivity index (χ0n) is 15.4. The molecule has 1 N–H and O–H groups in total. The van der Waals surface area contributed by atoms with Gasteiger partial charge in [0, 0.05) is 17.7 Å². The van der Waals surface area contributed by atoms with Gasteiger partial charge in [0.25, 0.3) is 5.91 Å². The van der Waals surface area contributed by atoms with E-state index in [-0.39, 0.29) is 17.3 Å². The highest BCUT2D eigenvalue weighted by atomic mass is 19.1. The van der Waals surface area contributed by atoms with Crippen molar-refractivity contribution in [2.75, 3.05) is 18.5 Å². The summed E-state index contributed by atoms with van der Waals surface area (Å²) in [4.78, 5) is 16.6. The predicted molar refractivity (Wildman–Crippen MR) is 105 cm³/mol. The molecule has 0 bridgehead atoms. The molecule has 28 heavy (non-hydrogen) atoms. The van der Waals surface area contributed by atoms with Crippen molar-refractivity contribution >= 4 is 22.5 Å². The normalized spacial score (nSPS) is 16.7. The third kappa shape index (κ3) is 4.28. The summed E-state index contributed by atoms with van der Waals surface area (Å²) in [6, 6.07) is 15.1. The molecule has 1 atom stereocenters. The first-order chi connectivity index (χ1) is 13.7. The van der Waals surface area contributed by atoms with Crippen LogP contribution in [0.1, 0.15) is 29.8 Å². The number of nitrogens with one attached hydrogen (secondary N) is 1. The van der Waals surface area contributed by atoms with Crippen molar-refractivity contribution in [1.82, 2.24) is 4.98 Å². The molecule has 1 fully saturated rings. The van der Waals surface area contributed by atoms with E-state index >= 15 is 0 Å². The van der Waals surface area contributed by atoms with Crippen LogP contribution in [0, 0.1) is 5.82 Å². The Bertz CT molecular complexity index is 969. The van der Waals surface area contributed by atoms with Gasteiger partial charge in [-0.3, -0.25) is 4.79 Å². The highest BCUT2D eigenvalue weighted by Gasteiger charge is 2.14. The third-order valence-electron chi connectivity index (χ3n) is 4.73. The van der Waals surface area contributed by atoms with Crippen LogP contribution >= 0.6 is 0 Å². The zero-order valence-corrected chi connectivity index (χ0v) is 15.4. The molecule has 6 heteroatoms. The van der Waals surface area contributed by atoms with Gasteiger partial charge in [0.15, 0.2) is 0 Å². The van der Waals surface area contributed by atoms with Gasteiger partial charge in [-0.2, -0.15) is 0 Å². The summed E-state index contributed by atoms with van der Waals surface area (Å²) in [6.07, 6.45) is 3.45. The average Bonchev–Trinajstić information content (AvgIpc) is 2.74. The van der Waals surface area contributed by atoms with Crippen LogP contribution in [-0.2, 0) is 4.74 Å². The second-order valence-corrected chi connectivity index (χ2v) is 6.79. The van der Waals surface area contributed by atoms with Crippen molar-refractivity contribution < 1.29 is 18.7 Å². The number of rotatable bonds is 5. The molecule has 1 unspecified atom stereocenters. The highest BCUT2D eigenvalue weighted by Crippen LogP contribution is 2.20. The first-order valence-corrected chi connectivity index (χ1v) is 9.40. The van der Waals surface area contributed by atoms with Crippen molar-refractivity contribution in [1.29, 1.82) is 0 Å². The molecule has 3 aromatic rings. The Kier molecular flexibility index (Phi) is 5.48. The number of carbonyl (C=O) groups is 1. The Labute approximate surface area is 162 Å². The van der Waals surface area contributed by atoms with Gasteiger partial charge in [-0.05, 0) is 55.7 Å². The van der Waals surface area contributed by atoms with Gasteiger partial charge in [0.2, 0.25) is 0 Å². The number of carbonyl (C=O) groups excluding carboxylic acids is 1. The van der Waals surface area contributed by atoms with E-state index in [4.69, 9.17) is 9.47 Å². The lowest BCUT2D eigenvalue weighted by Gasteiger charge is -2.22. The molecular formula is C22H21FN2O3. The van der Waals surface area contributed by atoms with Gasteiger partial charge >= 0.3 is 0 Å². The van der Waals surface area contributed by atoms with Crippen LogP contribution < -0.4 is 10.1 Å². The minimum Gasteiger partial charge on any atom is -0.491 e. The van der Waals surface area contributed by atoms with Crippen molar-refractivity contribution in [2.24, 2.45) is 0 Å². The van der Waals surface area contributed by atoms with Crippen LogP contribution in [0.3, 0.4) is 0 Å². The zero-order chi connectivity index (χ0) is 19.3. The summed E-state index contributed by atoms with van der Waals surface area (Å²) in [5.41, 5.74) is 0.956. The first-order valence-electron chi connectivity index (χ1n) is 9.40. The Hall–Kier alpha value is -2.99. The predicted octanol–water partition coefficient (Wildman–Crippen LogP) is 4.57. The van der Waals surface area contributed by atoms with E-state index in [2.05, 4.69) is 10.3 Å². The molecule has 2 aromatic carbocycles. The third-order valence-corrected chi connectivity index (χ3v) is 4.73. The van der Waals surface area contributed by atoms with E-state index in [0.717, 1.165) is 25.2 Å². The van der Waals surface area contributed by atoms with E-state index in [0.29, 0.717) is 17.7 Å². The first kappa shape index (κ1) is 18.4. The second-order valence-electron chi connectivity index (χ2n) is 6.79. The lowest BCUT2D eigenvalue weighted by molar-refractivity contribution is -0.0110. The molecule has 144 valence electrons. The van der Waals surface area contributed by atoms with Crippen LogP contribution in [-0.4, -0.2) is 30.2 Å². The maximum absolute atomic E-state index is 13.9. The number of para-hydroxylation sites is 1. The summed E-state index contributed by atoms with van der Waals surface area (Å²) in [5, 5.41) is 3.42. The summed E-state index contributed by atoms with van der Waals surface area (Å²) < 4.78 is 25.3. The largest absolute Gasteiger partial charge is 0.491 e. The fourth-order valence-corrected chi connectivity index (χ4v) is 3.20. The van der Waals surface area contributed by atoms with E-state index in [1.54, 1.807) is 48.5 Å². The number of hydrogen-bond acceptors (Lipinski definition) is 4. The van der Waals surface area contributed by atoms with E-state index in [1.807, 2.05) is 0 Å². The van der Waals surface area contributed by atoms with Gasteiger partial charge in [-0.25, -0.2) is 9.37 Å². The monoisotopic (exact) mass is 380 g/mol. The number of pyridine rings is 1. The molecule has 0 spiro atoms. The van der Waals surface area contributed by atoms with Crippen LogP contribution in [0.4, 0.5) is 10.1 Å². The van der Waals surface area contributed by atoms with Gasteiger partial charge in [-0.15, -0.1) is 0 Å². The summed E-state index contributed by atoms with van der Waals surface area (Å²) in [5.74, 6) is -0.122. The summed E-state index contributed by atoms with van der Waals surface area (Å²) >= 11 is 0. The molecule has 1 aromatic heterocycles. The van der Waals surface area contributed by atoms with Gasteiger partial charge in [0.1, 0.15) is 29.4 Å². The molecule has 0 radical (unpaired) electrons. The van der Waals surface area contributed by atoms with Crippen molar-refractivity contribution in [3.05, 3.63) is 66.1 Å². The number of fused-ring (bicyclic) bond motifs is 1. The number of amides is 1. The maximum Gasteiger partial charge on any atom is 0.274 e. The fourth-order valence-electron chi connectivity index (χ4n) is 3.20. The number of anilines is 1. The molecular weight excluding hydrogens is 359 g/mol. The lowest BCUT2D eigenvalue weighted by Crippen LogP contribution is -2.25. The van der Waals surface area contributed by atoms with Crippen LogP contribution in [0.2, 0.25) is 0 Å². The molecule has 1 aliphatic heterocycles. The number of hydrogen-bond donors (Lipinski definition) is 1. The van der Waals surface area contributed by atoms with E-state index in [1.165, 1.54) is 12.5 Å². The Morgan fingerprint density at radius 2 is 2.00 bits per heavy atom. The van der Waals surface area contributed by atoms with Crippen LogP contribution in [0.25, 0.3) is 10.9 Å². The maximum atomic E-state index is 13.9. The smallest absolute Gasteiger partial charge is 0.274 e. The highest BCUT2D eigenvalue weighted by molar-refractivity contribution is 6.04. The number of aromatic nitrogens is 1. The molecule has 1 amide bonds.